The summed E-state index contributed by atoms with van der Waals surface area (Å²) in [5, 5.41) is 0. The second-order valence-electron chi connectivity index (χ2n) is 5.81. The highest BCUT2D eigenvalue weighted by molar-refractivity contribution is 5.85. The van der Waals surface area contributed by atoms with Gasteiger partial charge in [-0.2, -0.15) is 0 Å². The lowest BCUT2D eigenvalue weighted by molar-refractivity contribution is -0.131. The Labute approximate surface area is 150 Å². The molecule has 2 N–H and O–H groups in total. The van der Waals surface area contributed by atoms with Crippen LogP contribution in [0.15, 0.2) is 48.5 Å². The van der Waals surface area contributed by atoms with Crippen molar-refractivity contribution in [1.29, 1.82) is 0 Å². The fourth-order valence-electron chi connectivity index (χ4n) is 2.27. The summed E-state index contributed by atoms with van der Waals surface area (Å²) in [6.07, 6.45) is 0. The molecule has 2 rings (SSSR count). The molecule has 0 radical (unpaired) electrons. The number of aryl methyl sites for hydroxylation is 2. The van der Waals surface area contributed by atoms with E-state index in [1.807, 2.05) is 62.4 Å². The molecular formula is C19H25ClN2O2. The number of rotatable bonds is 6. The third-order valence-corrected chi connectivity index (χ3v) is 3.76. The summed E-state index contributed by atoms with van der Waals surface area (Å²) in [6, 6.07) is 14.9. The Morgan fingerprint density at radius 3 is 2.42 bits per heavy atom. The number of benzene rings is 2. The third-order valence-electron chi connectivity index (χ3n) is 3.76. The van der Waals surface area contributed by atoms with Gasteiger partial charge in [0.2, 0.25) is 5.91 Å². The summed E-state index contributed by atoms with van der Waals surface area (Å²) in [7, 11) is 1.75. The van der Waals surface area contributed by atoms with Crippen molar-refractivity contribution in [2.75, 3.05) is 20.2 Å². The van der Waals surface area contributed by atoms with Crippen LogP contribution in [-0.4, -0.2) is 31.0 Å². The van der Waals surface area contributed by atoms with Crippen LogP contribution < -0.4 is 10.5 Å². The van der Waals surface area contributed by atoms with Crippen LogP contribution in [0.3, 0.4) is 0 Å². The van der Waals surface area contributed by atoms with E-state index in [0.717, 1.165) is 22.4 Å². The Morgan fingerprint density at radius 1 is 1.12 bits per heavy atom. The van der Waals surface area contributed by atoms with E-state index in [1.165, 1.54) is 0 Å². The molecule has 0 aliphatic carbocycles. The predicted octanol–water partition coefficient (Wildman–Crippen LogP) is 3.26. The summed E-state index contributed by atoms with van der Waals surface area (Å²) in [5.74, 6) is 0.704. The van der Waals surface area contributed by atoms with Gasteiger partial charge in [-0.05, 0) is 37.1 Å². The monoisotopic (exact) mass is 348 g/mol. The molecule has 1 unspecified atom stereocenters. The lowest BCUT2D eigenvalue weighted by atomic mass is 10.1. The first-order valence-corrected chi connectivity index (χ1v) is 7.74. The average molecular weight is 349 g/mol. The lowest BCUT2D eigenvalue weighted by Gasteiger charge is -2.21. The molecule has 5 heteroatoms. The van der Waals surface area contributed by atoms with E-state index < -0.39 is 6.04 Å². The van der Waals surface area contributed by atoms with E-state index >= 15 is 0 Å². The second kappa shape index (κ2) is 9.30. The van der Waals surface area contributed by atoms with Crippen molar-refractivity contribution < 1.29 is 9.53 Å². The molecule has 130 valence electrons. The average Bonchev–Trinajstić information content (AvgIpc) is 2.54. The number of carbonyl (C=O) groups excluding carboxylic acids is 1. The molecule has 0 fully saturated rings. The first-order valence-electron chi connectivity index (χ1n) is 7.74. The van der Waals surface area contributed by atoms with Gasteiger partial charge in [0.25, 0.3) is 0 Å². The number of carbonyl (C=O) groups is 1. The lowest BCUT2D eigenvalue weighted by Crippen LogP contribution is -2.38. The van der Waals surface area contributed by atoms with Crippen molar-refractivity contribution in [2.45, 2.75) is 19.9 Å². The molecule has 2 aromatic rings. The fourth-order valence-corrected chi connectivity index (χ4v) is 2.27. The van der Waals surface area contributed by atoms with Gasteiger partial charge in [-0.15, -0.1) is 12.4 Å². The Hall–Kier alpha value is -2.04. The highest BCUT2D eigenvalue weighted by atomic mass is 35.5. The van der Waals surface area contributed by atoms with E-state index in [2.05, 4.69) is 0 Å². The van der Waals surface area contributed by atoms with E-state index in [1.54, 1.807) is 11.9 Å². The largest absolute Gasteiger partial charge is 0.492 e. The first kappa shape index (κ1) is 20.0. The smallest absolute Gasteiger partial charge is 0.243 e. The molecule has 0 aromatic heterocycles. The molecule has 1 amide bonds. The van der Waals surface area contributed by atoms with E-state index in [4.69, 9.17) is 10.5 Å². The maximum atomic E-state index is 12.4. The number of halogens is 1. The minimum atomic E-state index is -0.639. The normalized spacial score (nSPS) is 11.3. The molecule has 0 bridgehead atoms. The number of nitrogens with two attached hydrogens (primary N) is 1. The van der Waals surface area contributed by atoms with Gasteiger partial charge >= 0.3 is 0 Å². The minimum absolute atomic E-state index is 0. The minimum Gasteiger partial charge on any atom is -0.492 e. The molecule has 24 heavy (non-hydrogen) atoms. The van der Waals surface area contributed by atoms with Crippen molar-refractivity contribution in [3.05, 3.63) is 65.2 Å². The Kier molecular flexibility index (Phi) is 7.75. The van der Waals surface area contributed by atoms with Crippen LogP contribution in [-0.2, 0) is 4.79 Å². The van der Waals surface area contributed by atoms with Crippen molar-refractivity contribution in [2.24, 2.45) is 5.73 Å². The number of hydrogen-bond acceptors (Lipinski definition) is 3. The van der Waals surface area contributed by atoms with Gasteiger partial charge < -0.3 is 15.4 Å². The van der Waals surface area contributed by atoms with Crippen LogP contribution in [0.1, 0.15) is 22.7 Å². The Morgan fingerprint density at radius 2 is 1.79 bits per heavy atom. The summed E-state index contributed by atoms with van der Waals surface area (Å²) >= 11 is 0. The van der Waals surface area contributed by atoms with Crippen LogP contribution in [0.4, 0.5) is 0 Å². The molecule has 0 aliphatic heterocycles. The molecule has 2 aromatic carbocycles. The standard InChI is InChI=1S/C19H24N2O2.ClH/c1-14-7-9-16(10-8-14)18(20)19(22)21(3)11-12-23-17-6-4-5-15(2)13-17;/h4-10,13,18H,11-12,20H2,1-3H3;1H. The number of hydrogen-bond donors (Lipinski definition) is 1. The number of amides is 1. The highest BCUT2D eigenvalue weighted by Crippen LogP contribution is 2.14. The number of ether oxygens (including phenoxy) is 1. The second-order valence-corrected chi connectivity index (χ2v) is 5.81. The molecule has 0 heterocycles. The topological polar surface area (TPSA) is 55.6 Å². The highest BCUT2D eigenvalue weighted by Gasteiger charge is 2.19. The zero-order valence-electron chi connectivity index (χ0n) is 14.4. The van der Waals surface area contributed by atoms with Crippen LogP contribution in [0.25, 0.3) is 0 Å². The van der Waals surface area contributed by atoms with Crippen LogP contribution in [0, 0.1) is 13.8 Å². The van der Waals surface area contributed by atoms with Crippen molar-refractivity contribution >= 4 is 18.3 Å². The van der Waals surface area contributed by atoms with Gasteiger partial charge in [-0.25, -0.2) is 0 Å². The number of nitrogens with zero attached hydrogens (tertiary/aromatic N) is 1. The summed E-state index contributed by atoms with van der Waals surface area (Å²) in [6.45, 7) is 4.95. The molecular weight excluding hydrogens is 324 g/mol. The van der Waals surface area contributed by atoms with E-state index in [9.17, 15) is 4.79 Å². The maximum Gasteiger partial charge on any atom is 0.243 e. The van der Waals surface area contributed by atoms with E-state index in [-0.39, 0.29) is 18.3 Å². The van der Waals surface area contributed by atoms with Crippen LogP contribution in [0.5, 0.6) is 5.75 Å². The summed E-state index contributed by atoms with van der Waals surface area (Å²) in [4.78, 5) is 14.0. The first-order chi connectivity index (χ1) is 11.0. The van der Waals surface area contributed by atoms with Gasteiger partial charge in [0.05, 0.1) is 6.54 Å². The number of likely N-dealkylation sites (N-methyl/N-ethyl adjacent to an activating group) is 1. The predicted molar refractivity (Wildman–Crippen MR) is 99.7 cm³/mol. The van der Waals surface area contributed by atoms with Gasteiger partial charge in [0.1, 0.15) is 18.4 Å². The van der Waals surface area contributed by atoms with Gasteiger partial charge in [0, 0.05) is 7.05 Å². The zero-order valence-corrected chi connectivity index (χ0v) is 15.2. The fraction of sp³-hybridized carbons (Fsp3) is 0.316. The summed E-state index contributed by atoms with van der Waals surface area (Å²) in [5.41, 5.74) is 9.18. The zero-order chi connectivity index (χ0) is 16.8. The summed E-state index contributed by atoms with van der Waals surface area (Å²) < 4.78 is 5.67. The maximum absolute atomic E-state index is 12.4. The molecule has 1 atom stereocenters. The third kappa shape index (κ3) is 5.55. The molecule has 0 spiro atoms. The molecule has 0 saturated carbocycles. The van der Waals surface area contributed by atoms with Crippen LogP contribution >= 0.6 is 12.4 Å². The van der Waals surface area contributed by atoms with Gasteiger partial charge in [-0.1, -0.05) is 42.0 Å². The van der Waals surface area contributed by atoms with Gasteiger partial charge in [0.15, 0.2) is 0 Å². The van der Waals surface area contributed by atoms with Crippen molar-refractivity contribution in [3.8, 4) is 5.75 Å². The SMILES string of the molecule is Cc1ccc(C(N)C(=O)N(C)CCOc2cccc(C)c2)cc1.Cl. The van der Waals surface area contributed by atoms with Crippen molar-refractivity contribution in [3.63, 3.8) is 0 Å². The Balaban J connectivity index is 0.00000288. The Bertz CT molecular complexity index is 659. The van der Waals surface area contributed by atoms with Crippen LogP contribution in [0.2, 0.25) is 0 Å². The molecule has 0 saturated heterocycles. The van der Waals surface area contributed by atoms with E-state index in [0.29, 0.717) is 13.2 Å². The molecule has 0 aliphatic rings. The quantitative estimate of drug-likeness (QED) is 0.871. The van der Waals surface area contributed by atoms with Crippen molar-refractivity contribution in [1.82, 2.24) is 4.90 Å². The van der Waals surface area contributed by atoms with Gasteiger partial charge in [-0.3, -0.25) is 4.79 Å². The molecule has 4 nitrogen and oxygen atoms in total.